The van der Waals surface area contributed by atoms with Gasteiger partial charge in [-0.15, -0.1) is 0 Å². The molecule has 0 amide bonds. The molecular weight excluding hydrogens is 274 g/mol. The molecule has 0 bridgehead atoms. The molecule has 0 spiro atoms. The van der Waals surface area contributed by atoms with Crippen LogP contribution >= 0.6 is 0 Å². The first-order chi connectivity index (χ1) is 9.99. The standard InChI is InChI=1S/C14H19N3O4/c1-9-11(17(20)21)7-8-12(15-9)16-13(14(18)19)10-5-3-2-4-6-10/h7-8,10,13H,2-6H2,1H3,(H,15,16)(H,18,19). The fourth-order valence-electron chi connectivity index (χ4n) is 2.84. The zero-order valence-electron chi connectivity index (χ0n) is 11.9. The number of aromatic nitrogens is 1. The fraction of sp³-hybridized carbons (Fsp3) is 0.571. The predicted octanol–water partition coefficient (Wildman–Crippen LogP) is 2.74. The number of carboxylic acid groups (broad SMARTS) is 1. The van der Waals surface area contributed by atoms with Gasteiger partial charge < -0.3 is 10.4 Å². The number of hydrogen-bond acceptors (Lipinski definition) is 5. The zero-order chi connectivity index (χ0) is 15.4. The number of nitro groups is 1. The predicted molar refractivity (Wildman–Crippen MR) is 77.2 cm³/mol. The van der Waals surface area contributed by atoms with Gasteiger partial charge in [-0.25, -0.2) is 9.78 Å². The first kappa shape index (κ1) is 15.2. The molecule has 7 nitrogen and oxygen atoms in total. The van der Waals surface area contributed by atoms with Crippen LogP contribution in [0.3, 0.4) is 0 Å². The highest BCUT2D eigenvalue weighted by atomic mass is 16.6. The van der Waals surface area contributed by atoms with E-state index in [2.05, 4.69) is 10.3 Å². The van der Waals surface area contributed by atoms with Crippen molar-refractivity contribution in [2.45, 2.75) is 45.1 Å². The summed E-state index contributed by atoms with van der Waals surface area (Å²) in [5.41, 5.74) is 0.211. The van der Waals surface area contributed by atoms with E-state index in [-0.39, 0.29) is 17.3 Å². The second kappa shape index (κ2) is 6.51. The van der Waals surface area contributed by atoms with Crippen molar-refractivity contribution >= 4 is 17.5 Å². The molecule has 1 heterocycles. The number of rotatable bonds is 5. The Morgan fingerprint density at radius 1 is 1.43 bits per heavy atom. The van der Waals surface area contributed by atoms with E-state index < -0.39 is 16.9 Å². The first-order valence-electron chi connectivity index (χ1n) is 7.10. The van der Waals surface area contributed by atoms with E-state index in [1.165, 1.54) is 12.1 Å². The lowest BCUT2D eigenvalue weighted by Crippen LogP contribution is -2.38. The number of hydrogen-bond donors (Lipinski definition) is 2. The van der Waals surface area contributed by atoms with Crippen LogP contribution in [-0.2, 0) is 4.79 Å². The van der Waals surface area contributed by atoms with Gasteiger partial charge in [0.2, 0.25) is 0 Å². The van der Waals surface area contributed by atoms with Gasteiger partial charge in [-0.2, -0.15) is 0 Å². The molecular formula is C14H19N3O4. The summed E-state index contributed by atoms with van der Waals surface area (Å²) in [6.45, 7) is 1.54. The molecule has 1 saturated carbocycles. The maximum absolute atomic E-state index is 11.5. The van der Waals surface area contributed by atoms with Gasteiger partial charge in [0, 0.05) is 6.07 Å². The van der Waals surface area contributed by atoms with E-state index in [9.17, 15) is 20.0 Å². The van der Waals surface area contributed by atoms with Crippen molar-refractivity contribution < 1.29 is 14.8 Å². The summed E-state index contributed by atoms with van der Waals surface area (Å²) in [6, 6.07) is 2.12. The van der Waals surface area contributed by atoms with Crippen LogP contribution in [0.4, 0.5) is 11.5 Å². The third kappa shape index (κ3) is 3.68. The van der Waals surface area contributed by atoms with E-state index in [0.717, 1.165) is 32.1 Å². The third-order valence-electron chi connectivity index (χ3n) is 3.95. The van der Waals surface area contributed by atoms with Crippen molar-refractivity contribution in [1.82, 2.24) is 4.98 Å². The number of nitrogens with zero attached hydrogens (tertiary/aromatic N) is 2. The first-order valence-corrected chi connectivity index (χ1v) is 7.10. The van der Waals surface area contributed by atoms with E-state index in [1.807, 2.05) is 0 Å². The Kier molecular flexibility index (Phi) is 4.72. The summed E-state index contributed by atoms with van der Waals surface area (Å²) in [5.74, 6) is -0.454. The van der Waals surface area contributed by atoms with Crippen molar-refractivity contribution in [3.63, 3.8) is 0 Å². The maximum atomic E-state index is 11.5. The SMILES string of the molecule is Cc1nc(NC(C(=O)O)C2CCCCC2)ccc1[N+](=O)[O-]. The van der Waals surface area contributed by atoms with Gasteiger partial charge in [0.1, 0.15) is 17.6 Å². The van der Waals surface area contributed by atoms with E-state index in [0.29, 0.717) is 5.82 Å². The molecule has 1 aromatic rings. The van der Waals surface area contributed by atoms with E-state index in [1.54, 1.807) is 6.92 Å². The van der Waals surface area contributed by atoms with Crippen LogP contribution in [-0.4, -0.2) is 27.0 Å². The fourth-order valence-corrected chi connectivity index (χ4v) is 2.84. The quantitative estimate of drug-likeness (QED) is 0.638. The van der Waals surface area contributed by atoms with Crippen molar-refractivity contribution in [2.75, 3.05) is 5.32 Å². The summed E-state index contributed by atoms with van der Waals surface area (Å²) < 4.78 is 0. The van der Waals surface area contributed by atoms with Gasteiger partial charge in [-0.3, -0.25) is 10.1 Å². The number of carboxylic acids is 1. The van der Waals surface area contributed by atoms with Crippen LogP contribution < -0.4 is 5.32 Å². The average molecular weight is 293 g/mol. The zero-order valence-corrected chi connectivity index (χ0v) is 11.9. The van der Waals surface area contributed by atoms with Crippen LogP contribution in [0.25, 0.3) is 0 Å². The van der Waals surface area contributed by atoms with Crippen LogP contribution in [0, 0.1) is 23.0 Å². The smallest absolute Gasteiger partial charge is 0.326 e. The van der Waals surface area contributed by atoms with Gasteiger partial charge >= 0.3 is 5.97 Å². The average Bonchev–Trinajstić information content (AvgIpc) is 2.45. The molecule has 1 atom stereocenters. The van der Waals surface area contributed by atoms with Gasteiger partial charge in [-0.1, -0.05) is 19.3 Å². The highest BCUT2D eigenvalue weighted by Gasteiger charge is 2.29. The number of aliphatic carboxylic acids is 1. The highest BCUT2D eigenvalue weighted by molar-refractivity contribution is 5.77. The normalized spacial score (nSPS) is 17.2. The summed E-state index contributed by atoms with van der Waals surface area (Å²) in [4.78, 5) is 25.8. The lowest BCUT2D eigenvalue weighted by atomic mass is 9.84. The molecule has 1 aliphatic rings. The Morgan fingerprint density at radius 3 is 2.62 bits per heavy atom. The molecule has 21 heavy (non-hydrogen) atoms. The second-order valence-corrected chi connectivity index (χ2v) is 5.42. The number of carbonyl (C=O) groups is 1. The molecule has 0 saturated heterocycles. The van der Waals surface area contributed by atoms with Gasteiger partial charge in [0.05, 0.1) is 4.92 Å². The Morgan fingerprint density at radius 2 is 2.10 bits per heavy atom. The monoisotopic (exact) mass is 293 g/mol. The van der Waals surface area contributed by atoms with E-state index in [4.69, 9.17) is 0 Å². The minimum Gasteiger partial charge on any atom is -0.480 e. The molecule has 2 rings (SSSR count). The molecule has 7 heteroatoms. The van der Waals surface area contributed by atoms with Crippen molar-refractivity contribution in [3.05, 3.63) is 27.9 Å². The van der Waals surface area contributed by atoms with Crippen LogP contribution in [0.1, 0.15) is 37.8 Å². The molecule has 1 aromatic heterocycles. The number of pyridine rings is 1. The maximum Gasteiger partial charge on any atom is 0.326 e. The molecule has 1 unspecified atom stereocenters. The molecule has 1 fully saturated rings. The molecule has 0 radical (unpaired) electrons. The molecule has 2 N–H and O–H groups in total. The summed E-state index contributed by atoms with van der Waals surface area (Å²) in [6.07, 6.45) is 5.01. The van der Waals surface area contributed by atoms with Crippen LogP contribution in [0.5, 0.6) is 0 Å². The Balaban J connectivity index is 2.15. The summed E-state index contributed by atoms with van der Waals surface area (Å²) in [5, 5.41) is 23.1. The summed E-state index contributed by atoms with van der Waals surface area (Å²) in [7, 11) is 0. The summed E-state index contributed by atoms with van der Waals surface area (Å²) >= 11 is 0. The van der Waals surface area contributed by atoms with E-state index >= 15 is 0 Å². The van der Waals surface area contributed by atoms with Crippen molar-refractivity contribution in [1.29, 1.82) is 0 Å². The Hall–Kier alpha value is -2.18. The Bertz CT molecular complexity index is 541. The number of aryl methyl sites for hydroxylation is 1. The number of nitrogens with one attached hydrogen (secondary N) is 1. The molecule has 0 aromatic carbocycles. The topological polar surface area (TPSA) is 105 Å². The van der Waals surface area contributed by atoms with Gasteiger partial charge in [0.15, 0.2) is 0 Å². The van der Waals surface area contributed by atoms with Crippen LogP contribution in [0.2, 0.25) is 0 Å². The molecule has 1 aliphatic carbocycles. The highest BCUT2D eigenvalue weighted by Crippen LogP contribution is 2.28. The minimum atomic E-state index is -0.903. The molecule has 0 aliphatic heterocycles. The largest absolute Gasteiger partial charge is 0.480 e. The third-order valence-corrected chi connectivity index (χ3v) is 3.95. The van der Waals surface area contributed by atoms with Crippen molar-refractivity contribution in [3.8, 4) is 0 Å². The van der Waals surface area contributed by atoms with Crippen molar-refractivity contribution in [2.24, 2.45) is 5.92 Å². The lowest BCUT2D eigenvalue weighted by Gasteiger charge is -2.28. The van der Waals surface area contributed by atoms with Gasteiger partial charge in [-0.05, 0) is 31.7 Å². The lowest BCUT2D eigenvalue weighted by molar-refractivity contribution is -0.385. The number of anilines is 1. The second-order valence-electron chi connectivity index (χ2n) is 5.42. The van der Waals surface area contributed by atoms with Gasteiger partial charge in [0.25, 0.3) is 5.69 Å². The minimum absolute atomic E-state index is 0.0647. The Labute approximate surface area is 122 Å². The van der Waals surface area contributed by atoms with Crippen LogP contribution in [0.15, 0.2) is 12.1 Å². The molecule has 114 valence electrons.